The van der Waals surface area contributed by atoms with Crippen LogP contribution in [0.5, 0.6) is 11.5 Å². The summed E-state index contributed by atoms with van der Waals surface area (Å²) < 4.78 is 13.0. The van der Waals surface area contributed by atoms with E-state index in [0.717, 1.165) is 50.9 Å². The Morgan fingerprint density at radius 2 is 1.23 bits per heavy atom. The van der Waals surface area contributed by atoms with Crippen molar-refractivity contribution in [1.82, 2.24) is 0 Å². The third kappa shape index (κ3) is 4.82. The third-order valence-corrected chi connectivity index (χ3v) is 12.1. The Bertz CT molecular complexity index is 3090. The van der Waals surface area contributed by atoms with Crippen molar-refractivity contribution in [2.24, 2.45) is 0 Å². The van der Waals surface area contributed by atoms with E-state index in [1.165, 1.54) is 60.9 Å². The molecule has 0 fully saturated rings. The monoisotopic (exact) mass is 732 g/mol. The van der Waals surface area contributed by atoms with E-state index in [-0.39, 0.29) is 12.1 Å². The Labute approximate surface area is 332 Å². The average molecular weight is 733 g/mol. The van der Waals surface area contributed by atoms with Crippen LogP contribution in [0.1, 0.15) is 26.3 Å². The largest absolute Gasteiger partial charge is 0.456 e. The Balaban J connectivity index is 1.12. The van der Waals surface area contributed by atoms with Gasteiger partial charge >= 0.3 is 0 Å². The average Bonchev–Trinajstić information content (AvgIpc) is 3.68. The number of para-hydroxylation sites is 4. The van der Waals surface area contributed by atoms with Crippen molar-refractivity contribution in [2.45, 2.75) is 26.2 Å². The molecule has 9 aromatic rings. The van der Waals surface area contributed by atoms with Gasteiger partial charge in [-0.05, 0) is 116 Å². The number of hydrogen-bond acceptors (Lipinski definition) is 4. The lowest BCUT2D eigenvalue weighted by atomic mass is 9.33. The van der Waals surface area contributed by atoms with Gasteiger partial charge in [-0.1, -0.05) is 124 Å². The highest BCUT2D eigenvalue weighted by Crippen LogP contribution is 2.53. The molecule has 0 bridgehead atoms. The van der Waals surface area contributed by atoms with Crippen molar-refractivity contribution < 1.29 is 9.15 Å². The highest BCUT2D eigenvalue weighted by molar-refractivity contribution is 7.00. The maximum Gasteiger partial charge on any atom is 0.252 e. The molecule has 0 amide bonds. The van der Waals surface area contributed by atoms with Crippen molar-refractivity contribution in [1.29, 1.82) is 0 Å². The molecule has 0 radical (unpaired) electrons. The predicted molar refractivity (Wildman–Crippen MR) is 237 cm³/mol. The molecular weight excluding hydrogens is 695 g/mol. The van der Waals surface area contributed by atoms with E-state index in [1.54, 1.807) is 0 Å². The standard InChI is InChI=1S/C52H37BN2O2/c1-52(2,3)38-23-25-42-41(31-38)53-40-15-11-19-48-51(40)55(43-16-8-10-18-47(43)57-48)45-29-37(32-12-5-4-6-13-32)28-44(50(45)53)54(42)39-24-22-33-26-36(21-20-34(33)27-39)49-30-35-14-7-9-17-46(35)56-49/h4-31H,1-3H3. The van der Waals surface area contributed by atoms with Crippen LogP contribution in [0.2, 0.25) is 0 Å². The molecule has 0 saturated carbocycles. The molecule has 0 atom stereocenters. The van der Waals surface area contributed by atoms with Crippen molar-refractivity contribution in [3.63, 3.8) is 0 Å². The zero-order valence-electron chi connectivity index (χ0n) is 32.0. The Kier molecular flexibility index (Phi) is 6.67. The molecule has 0 N–H and O–H groups in total. The smallest absolute Gasteiger partial charge is 0.252 e. The van der Waals surface area contributed by atoms with Gasteiger partial charge in [0.1, 0.15) is 11.3 Å². The highest BCUT2D eigenvalue weighted by Gasteiger charge is 2.46. The summed E-state index contributed by atoms with van der Waals surface area (Å²) in [5, 5.41) is 3.45. The Hall–Kier alpha value is -6.98. The van der Waals surface area contributed by atoms with Crippen LogP contribution in [0.25, 0.3) is 44.2 Å². The topological polar surface area (TPSA) is 28.9 Å². The molecule has 5 heteroatoms. The molecule has 1 aromatic heterocycles. The highest BCUT2D eigenvalue weighted by atomic mass is 16.5. The minimum Gasteiger partial charge on any atom is -0.456 e. The van der Waals surface area contributed by atoms with Gasteiger partial charge in [-0.25, -0.2) is 0 Å². The number of ether oxygens (including phenoxy) is 1. The zero-order valence-corrected chi connectivity index (χ0v) is 32.0. The quantitative estimate of drug-likeness (QED) is 0.169. The van der Waals surface area contributed by atoms with Gasteiger partial charge in [-0.2, -0.15) is 0 Å². The van der Waals surface area contributed by atoms with Crippen LogP contribution in [0.3, 0.4) is 0 Å². The van der Waals surface area contributed by atoms with E-state index < -0.39 is 0 Å². The molecule has 12 rings (SSSR count). The van der Waals surface area contributed by atoms with Crippen molar-refractivity contribution in [3.8, 4) is 33.9 Å². The molecule has 3 aliphatic rings. The molecule has 8 aromatic carbocycles. The van der Waals surface area contributed by atoms with Gasteiger partial charge in [0.2, 0.25) is 0 Å². The van der Waals surface area contributed by atoms with E-state index >= 15 is 0 Å². The van der Waals surface area contributed by atoms with Gasteiger partial charge in [-0.3, -0.25) is 0 Å². The summed E-state index contributed by atoms with van der Waals surface area (Å²) in [4.78, 5) is 4.97. The van der Waals surface area contributed by atoms with Crippen LogP contribution < -0.4 is 30.9 Å². The van der Waals surface area contributed by atoms with E-state index in [1.807, 2.05) is 12.1 Å². The van der Waals surface area contributed by atoms with Crippen LogP contribution in [0.15, 0.2) is 174 Å². The van der Waals surface area contributed by atoms with E-state index in [9.17, 15) is 0 Å². The Morgan fingerprint density at radius 1 is 0.474 bits per heavy atom. The lowest BCUT2D eigenvalue weighted by Gasteiger charge is -2.46. The van der Waals surface area contributed by atoms with Crippen molar-refractivity contribution >= 4 is 79.0 Å². The Morgan fingerprint density at radius 3 is 2.09 bits per heavy atom. The van der Waals surface area contributed by atoms with Gasteiger partial charge in [-0.15, -0.1) is 0 Å². The molecular formula is C52H37BN2O2. The fourth-order valence-electron chi connectivity index (χ4n) is 9.39. The van der Waals surface area contributed by atoms with Gasteiger partial charge in [0.15, 0.2) is 11.5 Å². The number of benzene rings is 8. The summed E-state index contributed by atoms with van der Waals surface area (Å²) in [5.41, 5.74) is 16.3. The fourth-order valence-corrected chi connectivity index (χ4v) is 9.39. The van der Waals surface area contributed by atoms with E-state index in [0.29, 0.717) is 0 Å². The number of nitrogens with zero attached hydrogens (tertiary/aromatic N) is 2. The predicted octanol–water partition coefficient (Wildman–Crippen LogP) is 12.4. The molecule has 57 heavy (non-hydrogen) atoms. The van der Waals surface area contributed by atoms with Crippen LogP contribution >= 0.6 is 0 Å². The second-order valence-electron chi connectivity index (χ2n) is 16.6. The third-order valence-electron chi connectivity index (χ3n) is 12.1. The first-order valence-corrected chi connectivity index (χ1v) is 19.8. The summed E-state index contributed by atoms with van der Waals surface area (Å²) >= 11 is 0. The van der Waals surface area contributed by atoms with Gasteiger partial charge < -0.3 is 19.0 Å². The molecule has 0 unspecified atom stereocenters. The first kappa shape index (κ1) is 32.3. The number of anilines is 6. The van der Waals surface area contributed by atoms with Crippen molar-refractivity contribution in [3.05, 3.63) is 175 Å². The van der Waals surface area contributed by atoms with Crippen LogP contribution in [-0.2, 0) is 5.41 Å². The summed E-state index contributed by atoms with van der Waals surface area (Å²) in [6.07, 6.45) is 0. The summed E-state index contributed by atoms with van der Waals surface area (Å²) in [5.74, 6) is 2.63. The number of hydrogen-bond donors (Lipinski definition) is 0. The number of fused-ring (bicyclic) bond motifs is 8. The van der Waals surface area contributed by atoms with E-state index in [4.69, 9.17) is 9.15 Å². The summed E-state index contributed by atoms with van der Waals surface area (Å²) in [6.45, 7) is 6.92. The SMILES string of the molecule is CC(C)(C)c1ccc2c(c1)B1c3cccc4c3N(c3ccccc3O4)c3cc(-c4ccccc4)cc(c31)N2c1ccc2cc(-c3cc4ccccc4o3)ccc2c1. The molecule has 4 heterocycles. The van der Waals surface area contributed by atoms with Crippen LogP contribution in [-0.4, -0.2) is 6.71 Å². The molecule has 0 spiro atoms. The molecule has 3 aliphatic heterocycles. The van der Waals surface area contributed by atoms with Crippen LogP contribution in [0, 0.1) is 0 Å². The maximum atomic E-state index is 6.69. The first-order chi connectivity index (χ1) is 27.9. The molecule has 270 valence electrons. The first-order valence-electron chi connectivity index (χ1n) is 19.8. The number of furan rings is 1. The van der Waals surface area contributed by atoms with Gasteiger partial charge in [0.25, 0.3) is 6.71 Å². The summed E-state index contributed by atoms with van der Waals surface area (Å²) in [7, 11) is 0. The second-order valence-corrected chi connectivity index (χ2v) is 16.6. The molecule has 4 nitrogen and oxygen atoms in total. The normalized spacial score (nSPS) is 13.6. The maximum absolute atomic E-state index is 6.69. The fraction of sp³-hybridized carbons (Fsp3) is 0.0769. The molecule has 0 aliphatic carbocycles. The lowest BCUT2D eigenvalue weighted by molar-refractivity contribution is 0.477. The molecule has 0 saturated heterocycles. The van der Waals surface area contributed by atoms with E-state index in [2.05, 4.69) is 188 Å². The van der Waals surface area contributed by atoms with Gasteiger partial charge in [0.05, 0.1) is 11.4 Å². The van der Waals surface area contributed by atoms with Crippen molar-refractivity contribution in [2.75, 3.05) is 9.80 Å². The lowest BCUT2D eigenvalue weighted by Crippen LogP contribution is -2.61. The minimum absolute atomic E-state index is 0.000240. The van der Waals surface area contributed by atoms with Crippen LogP contribution in [0.4, 0.5) is 34.1 Å². The zero-order chi connectivity index (χ0) is 38.0. The second kappa shape index (κ2) is 11.8. The summed E-state index contributed by atoms with van der Waals surface area (Å²) in [6, 6.07) is 61.7. The number of rotatable bonds is 3. The minimum atomic E-state index is -0.0283. The van der Waals surface area contributed by atoms with Gasteiger partial charge in [0, 0.05) is 33.7 Å².